The Hall–Kier alpha value is -1.10. The summed E-state index contributed by atoms with van der Waals surface area (Å²) in [6.07, 6.45) is 4.47. The maximum atomic E-state index is 10.5. The van der Waals surface area contributed by atoms with Gasteiger partial charge in [0.1, 0.15) is 5.75 Å². The van der Waals surface area contributed by atoms with E-state index in [1.165, 1.54) is 12.8 Å². The first-order chi connectivity index (χ1) is 10.7. The average Bonchev–Trinajstić information content (AvgIpc) is 2.56. The number of aliphatic hydroxyl groups excluding tert-OH is 1. The molecule has 1 fully saturated rings. The molecule has 0 saturated carbocycles. The Morgan fingerprint density at radius 2 is 2.27 bits per heavy atom. The Kier molecular flexibility index (Phi) is 7.16. The van der Waals surface area contributed by atoms with E-state index in [1.54, 1.807) is 7.11 Å². The SMILES string of the molecule is CCCN(CC1CCCCO1)CC(O)c1cccc(OC)c1. The Balaban J connectivity index is 1.93. The highest BCUT2D eigenvalue weighted by Gasteiger charge is 2.20. The van der Waals surface area contributed by atoms with Crippen molar-refractivity contribution in [1.29, 1.82) is 0 Å². The van der Waals surface area contributed by atoms with E-state index in [9.17, 15) is 5.11 Å². The molecule has 1 aromatic carbocycles. The van der Waals surface area contributed by atoms with Crippen molar-refractivity contribution >= 4 is 0 Å². The van der Waals surface area contributed by atoms with Crippen molar-refractivity contribution in [3.8, 4) is 5.75 Å². The zero-order valence-electron chi connectivity index (χ0n) is 13.8. The van der Waals surface area contributed by atoms with Crippen LogP contribution in [-0.4, -0.2) is 49.5 Å². The van der Waals surface area contributed by atoms with Crippen molar-refractivity contribution in [2.45, 2.75) is 44.8 Å². The van der Waals surface area contributed by atoms with Crippen LogP contribution in [0.25, 0.3) is 0 Å². The predicted octanol–water partition coefficient (Wildman–Crippen LogP) is 3.01. The quantitative estimate of drug-likeness (QED) is 0.801. The first kappa shape index (κ1) is 17.3. The molecule has 4 nitrogen and oxygen atoms in total. The molecule has 1 saturated heterocycles. The molecule has 0 bridgehead atoms. The summed E-state index contributed by atoms with van der Waals surface area (Å²) < 4.78 is 11.1. The number of aliphatic hydroxyl groups is 1. The van der Waals surface area contributed by atoms with Gasteiger partial charge >= 0.3 is 0 Å². The molecule has 22 heavy (non-hydrogen) atoms. The Morgan fingerprint density at radius 1 is 1.41 bits per heavy atom. The summed E-state index contributed by atoms with van der Waals surface area (Å²) in [5.74, 6) is 0.786. The van der Waals surface area contributed by atoms with Gasteiger partial charge in [-0.05, 0) is 49.9 Å². The minimum Gasteiger partial charge on any atom is -0.497 e. The van der Waals surface area contributed by atoms with Gasteiger partial charge in [-0.25, -0.2) is 0 Å². The molecule has 0 aliphatic carbocycles. The highest BCUT2D eigenvalue weighted by Crippen LogP contribution is 2.21. The molecule has 0 amide bonds. The molecule has 0 radical (unpaired) electrons. The van der Waals surface area contributed by atoms with E-state index in [1.807, 2.05) is 24.3 Å². The lowest BCUT2D eigenvalue weighted by Crippen LogP contribution is -2.38. The number of hydrogen-bond donors (Lipinski definition) is 1. The van der Waals surface area contributed by atoms with Crippen molar-refractivity contribution in [3.63, 3.8) is 0 Å². The summed E-state index contributed by atoms with van der Waals surface area (Å²) in [5, 5.41) is 10.5. The van der Waals surface area contributed by atoms with Crippen molar-refractivity contribution < 1.29 is 14.6 Å². The second-order valence-corrected chi connectivity index (χ2v) is 6.04. The molecule has 1 N–H and O–H groups in total. The number of nitrogens with zero attached hydrogens (tertiary/aromatic N) is 1. The molecule has 1 aliphatic rings. The molecule has 2 unspecified atom stereocenters. The number of rotatable bonds is 8. The number of hydrogen-bond acceptors (Lipinski definition) is 4. The van der Waals surface area contributed by atoms with Crippen molar-refractivity contribution in [1.82, 2.24) is 4.90 Å². The van der Waals surface area contributed by atoms with E-state index in [-0.39, 0.29) is 0 Å². The van der Waals surface area contributed by atoms with Gasteiger partial charge in [-0.2, -0.15) is 0 Å². The fraction of sp³-hybridized carbons (Fsp3) is 0.667. The largest absolute Gasteiger partial charge is 0.497 e. The van der Waals surface area contributed by atoms with Crippen LogP contribution in [0.15, 0.2) is 24.3 Å². The first-order valence-corrected chi connectivity index (χ1v) is 8.39. The summed E-state index contributed by atoms with van der Waals surface area (Å²) in [5.41, 5.74) is 0.907. The van der Waals surface area contributed by atoms with Crippen LogP contribution in [0.4, 0.5) is 0 Å². The van der Waals surface area contributed by atoms with Crippen LogP contribution < -0.4 is 4.74 Å². The molecule has 1 aliphatic heterocycles. The molecular weight excluding hydrogens is 278 g/mol. The normalized spacial score (nSPS) is 20.1. The van der Waals surface area contributed by atoms with E-state index in [0.717, 1.165) is 43.9 Å². The summed E-state index contributed by atoms with van der Waals surface area (Å²) >= 11 is 0. The summed E-state index contributed by atoms with van der Waals surface area (Å²) in [4.78, 5) is 2.32. The van der Waals surface area contributed by atoms with Crippen molar-refractivity contribution in [3.05, 3.63) is 29.8 Å². The van der Waals surface area contributed by atoms with Crippen LogP contribution in [0.2, 0.25) is 0 Å². The van der Waals surface area contributed by atoms with Crippen molar-refractivity contribution in [2.75, 3.05) is 33.4 Å². The average molecular weight is 307 g/mol. The Labute approximate surface area is 134 Å². The predicted molar refractivity (Wildman–Crippen MR) is 88.3 cm³/mol. The fourth-order valence-electron chi connectivity index (χ4n) is 3.01. The maximum absolute atomic E-state index is 10.5. The second kappa shape index (κ2) is 9.13. The minimum atomic E-state index is -0.495. The minimum absolute atomic E-state index is 0.317. The van der Waals surface area contributed by atoms with Gasteiger partial charge in [-0.15, -0.1) is 0 Å². The molecule has 2 atom stereocenters. The lowest BCUT2D eigenvalue weighted by molar-refractivity contribution is -0.0134. The lowest BCUT2D eigenvalue weighted by Gasteiger charge is -2.31. The highest BCUT2D eigenvalue weighted by atomic mass is 16.5. The number of methoxy groups -OCH3 is 1. The van der Waals surface area contributed by atoms with E-state index in [0.29, 0.717) is 12.6 Å². The standard InChI is InChI=1S/C18H29NO3/c1-3-10-19(13-17-8-4-5-11-22-17)14-18(20)15-7-6-9-16(12-15)21-2/h6-7,9,12,17-18,20H,3-5,8,10-11,13-14H2,1-2H3. The van der Waals surface area contributed by atoms with Gasteiger partial charge in [0.15, 0.2) is 0 Å². The molecule has 124 valence electrons. The van der Waals surface area contributed by atoms with Gasteiger partial charge < -0.3 is 14.6 Å². The molecule has 0 aromatic heterocycles. The Morgan fingerprint density at radius 3 is 2.95 bits per heavy atom. The summed E-state index contributed by atoms with van der Waals surface area (Å²) in [7, 11) is 1.65. The van der Waals surface area contributed by atoms with Crippen LogP contribution in [0.3, 0.4) is 0 Å². The molecule has 1 aromatic rings. The van der Waals surface area contributed by atoms with E-state index in [4.69, 9.17) is 9.47 Å². The van der Waals surface area contributed by atoms with E-state index in [2.05, 4.69) is 11.8 Å². The monoisotopic (exact) mass is 307 g/mol. The summed E-state index contributed by atoms with van der Waals surface area (Å²) in [6, 6.07) is 7.68. The molecule has 1 heterocycles. The second-order valence-electron chi connectivity index (χ2n) is 6.04. The van der Waals surface area contributed by atoms with Gasteiger partial charge in [0.25, 0.3) is 0 Å². The molecule has 0 spiro atoms. The summed E-state index contributed by atoms with van der Waals surface area (Å²) in [6.45, 7) is 5.59. The van der Waals surface area contributed by atoms with E-state index >= 15 is 0 Å². The third-order valence-corrected chi connectivity index (χ3v) is 4.19. The zero-order chi connectivity index (χ0) is 15.8. The fourth-order valence-corrected chi connectivity index (χ4v) is 3.01. The van der Waals surface area contributed by atoms with Crippen molar-refractivity contribution in [2.24, 2.45) is 0 Å². The van der Waals surface area contributed by atoms with Gasteiger partial charge in [0, 0.05) is 19.7 Å². The van der Waals surface area contributed by atoms with Gasteiger partial charge in [-0.1, -0.05) is 19.1 Å². The van der Waals surface area contributed by atoms with Crippen LogP contribution in [0.1, 0.15) is 44.3 Å². The zero-order valence-corrected chi connectivity index (χ0v) is 13.8. The van der Waals surface area contributed by atoms with Gasteiger partial charge in [-0.3, -0.25) is 4.90 Å². The Bertz CT molecular complexity index is 432. The van der Waals surface area contributed by atoms with Crippen LogP contribution >= 0.6 is 0 Å². The lowest BCUT2D eigenvalue weighted by atomic mass is 10.1. The molecule has 2 rings (SSSR count). The molecule has 4 heteroatoms. The number of benzene rings is 1. The van der Waals surface area contributed by atoms with Crippen LogP contribution in [-0.2, 0) is 4.74 Å². The first-order valence-electron chi connectivity index (χ1n) is 8.39. The van der Waals surface area contributed by atoms with Gasteiger partial charge in [0.2, 0.25) is 0 Å². The maximum Gasteiger partial charge on any atom is 0.119 e. The molecular formula is C18H29NO3. The van der Waals surface area contributed by atoms with Crippen LogP contribution in [0.5, 0.6) is 5.75 Å². The third-order valence-electron chi connectivity index (χ3n) is 4.19. The van der Waals surface area contributed by atoms with Crippen LogP contribution in [0, 0.1) is 0 Å². The topological polar surface area (TPSA) is 41.9 Å². The third kappa shape index (κ3) is 5.27. The van der Waals surface area contributed by atoms with Gasteiger partial charge in [0.05, 0.1) is 19.3 Å². The van der Waals surface area contributed by atoms with E-state index < -0.39 is 6.10 Å². The number of ether oxygens (including phenoxy) is 2. The smallest absolute Gasteiger partial charge is 0.119 e. The highest BCUT2D eigenvalue weighted by molar-refractivity contribution is 5.29.